The first-order valence-corrected chi connectivity index (χ1v) is 6.19. The molecule has 0 spiro atoms. The second kappa shape index (κ2) is 10.9. The number of thioether (sulfide) groups is 1. The third-order valence-corrected chi connectivity index (χ3v) is 2.52. The largest absolute Gasteiger partial charge is 0.165 e. The third-order valence-electron chi connectivity index (χ3n) is 1.83. The zero-order valence-corrected chi connectivity index (χ0v) is 9.17. The van der Waals surface area contributed by atoms with Crippen LogP contribution in [0, 0.1) is 11.8 Å². The van der Waals surface area contributed by atoms with Crippen molar-refractivity contribution in [3.63, 3.8) is 0 Å². The first-order chi connectivity index (χ1) is 5.91. The van der Waals surface area contributed by atoms with Crippen LogP contribution in [0.1, 0.15) is 45.4 Å². The molecule has 0 saturated heterocycles. The molecule has 0 nitrogen and oxygen atoms in total. The Morgan fingerprint density at radius 1 is 1.00 bits per heavy atom. The molecule has 0 aliphatic carbocycles. The van der Waals surface area contributed by atoms with Gasteiger partial charge in [0, 0.05) is 6.42 Å². The van der Waals surface area contributed by atoms with Gasteiger partial charge >= 0.3 is 0 Å². The molecule has 0 amide bonds. The molecular weight excluding hydrogens is 164 g/mol. The number of hydrogen-bond donors (Lipinski definition) is 0. The Hall–Kier alpha value is -0.0900. The van der Waals surface area contributed by atoms with E-state index in [1.54, 1.807) is 0 Å². The fraction of sp³-hybridized carbons (Fsp3) is 0.818. The molecule has 1 heteroatoms. The molecule has 0 aromatic rings. The van der Waals surface area contributed by atoms with E-state index in [9.17, 15) is 0 Å². The smallest absolute Gasteiger partial charge is 0.00885 e. The van der Waals surface area contributed by atoms with Crippen molar-refractivity contribution in [2.24, 2.45) is 0 Å². The van der Waals surface area contributed by atoms with E-state index in [4.69, 9.17) is 0 Å². The lowest BCUT2D eigenvalue weighted by Gasteiger charge is -1.97. The molecule has 0 radical (unpaired) electrons. The summed E-state index contributed by atoms with van der Waals surface area (Å²) in [6.45, 7) is 1.92. The minimum atomic E-state index is 1.10. The van der Waals surface area contributed by atoms with Gasteiger partial charge in [-0.05, 0) is 31.8 Å². The van der Waals surface area contributed by atoms with Gasteiger partial charge in [-0.2, -0.15) is 11.8 Å². The van der Waals surface area contributed by atoms with Crippen molar-refractivity contribution < 1.29 is 0 Å². The van der Waals surface area contributed by atoms with Crippen molar-refractivity contribution in [2.45, 2.75) is 45.4 Å². The molecular formula is C11H20S. The fourth-order valence-electron chi connectivity index (χ4n) is 1.12. The van der Waals surface area contributed by atoms with Crippen LogP contribution in [0.4, 0.5) is 0 Å². The Labute approximate surface area is 81.5 Å². The second-order valence-electron chi connectivity index (χ2n) is 2.94. The summed E-state index contributed by atoms with van der Waals surface area (Å²) in [5.41, 5.74) is 0. The summed E-state index contributed by atoms with van der Waals surface area (Å²) in [7, 11) is 0. The monoisotopic (exact) mass is 184 g/mol. The molecule has 0 aromatic heterocycles. The van der Waals surface area contributed by atoms with Gasteiger partial charge in [-0.3, -0.25) is 0 Å². The molecule has 0 aromatic carbocycles. The third kappa shape index (κ3) is 9.91. The van der Waals surface area contributed by atoms with Crippen molar-refractivity contribution in [1.82, 2.24) is 0 Å². The molecule has 0 fully saturated rings. The maximum absolute atomic E-state index is 3.10. The Bertz CT molecular complexity index is 130. The van der Waals surface area contributed by atoms with Gasteiger partial charge in [0.15, 0.2) is 0 Å². The molecule has 12 heavy (non-hydrogen) atoms. The lowest BCUT2D eigenvalue weighted by molar-refractivity contribution is 0.644. The topological polar surface area (TPSA) is 0 Å². The van der Waals surface area contributed by atoms with Crippen molar-refractivity contribution in [3.8, 4) is 11.8 Å². The van der Waals surface area contributed by atoms with Crippen LogP contribution >= 0.6 is 11.8 Å². The molecule has 0 aliphatic rings. The van der Waals surface area contributed by atoms with Gasteiger partial charge in [0.1, 0.15) is 0 Å². The highest BCUT2D eigenvalue weighted by atomic mass is 32.2. The lowest BCUT2D eigenvalue weighted by Crippen LogP contribution is -1.81. The fourth-order valence-corrected chi connectivity index (χ4v) is 1.61. The summed E-state index contributed by atoms with van der Waals surface area (Å²) in [6.07, 6.45) is 10.1. The van der Waals surface area contributed by atoms with E-state index in [-0.39, 0.29) is 0 Å². The molecule has 0 N–H and O–H groups in total. The molecule has 0 bridgehead atoms. The van der Waals surface area contributed by atoms with Gasteiger partial charge < -0.3 is 0 Å². The first-order valence-electron chi connectivity index (χ1n) is 4.80. The molecule has 0 atom stereocenters. The average molecular weight is 184 g/mol. The minimum absolute atomic E-state index is 1.10. The normalized spacial score (nSPS) is 9.17. The van der Waals surface area contributed by atoms with Crippen LogP contribution < -0.4 is 0 Å². The Kier molecular flexibility index (Phi) is 10.8. The van der Waals surface area contributed by atoms with Gasteiger partial charge in [-0.1, -0.05) is 19.3 Å². The van der Waals surface area contributed by atoms with Crippen LogP contribution in [0.3, 0.4) is 0 Å². The first kappa shape index (κ1) is 11.9. The highest BCUT2D eigenvalue weighted by Crippen LogP contribution is 2.07. The summed E-state index contributed by atoms with van der Waals surface area (Å²) in [4.78, 5) is 0. The molecule has 0 rings (SSSR count). The van der Waals surface area contributed by atoms with Gasteiger partial charge in [0.05, 0.1) is 0 Å². The number of hydrogen-bond acceptors (Lipinski definition) is 1. The van der Waals surface area contributed by atoms with E-state index >= 15 is 0 Å². The predicted octanol–water partition coefficient (Wildman–Crippen LogP) is 3.71. The van der Waals surface area contributed by atoms with Crippen LogP contribution in [-0.2, 0) is 0 Å². The van der Waals surface area contributed by atoms with Crippen molar-refractivity contribution in [2.75, 3.05) is 12.0 Å². The van der Waals surface area contributed by atoms with E-state index < -0.39 is 0 Å². The highest BCUT2D eigenvalue weighted by Gasteiger charge is 1.88. The Morgan fingerprint density at radius 2 is 1.67 bits per heavy atom. The van der Waals surface area contributed by atoms with Crippen molar-refractivity contribution >= 4 is 11.8 Å². The van der Waals surface area contributed by atoms with Crippen LogP contribution in [0.15, 0.2) is 0 Å². The standard InChI is InChI=1S/C11H20S/c1-3-4-5-6-7-8-9-10-11-12-2/h5-11H2,1-2H3. The van der Waals surface area contributed by atoms with Gasteiger partial charge in [-0.15, -0.1) is 11.8 Å². The summed E-state index contributed by atoms with van der Waals surface area (Å²) in [6, 6.07) is 0. The van der Waals surface area contributed by atoms with E-state index in [0.29, 0.717) is 0 Å². The summed E-state index contributed by atoms with van der Waals surface area (Å²) < 4.78 is 0. The van der Waals surface area contributed by atoms with E-state index in [1.807, 2.05) is 18.7 Å². The highest BCUT2D eigenvalue weighted by molar-refractivity contribution is 7.98. The molecule has 0 saturated carbocycles. The second-order valence-corrected chi connectivity index (χ2v) is 3.92. The van der Waals surface area contributed by atoms with E-state index in [1.165, 1.54) is 37.9 Å². The number of unbranched alkanes of at least 4 members (excludes halogenated alkanes) is 5. The molecule has 0 aliphatic heterocycles. The van der Waals surface area contributed by atoms with Crippen molar-refractivity contribution in [3.05, 3.63) is 0 Å². The zero-order chi connectivity index (χ0) is 9.07. The van der Waals surface area contributed by atoms with Crippen LogP contribution in [-0.4, -0.2) is 12.0 Å². The van der Waals surface area contributed by atoms with Crippen LogP contribution in [0.25, 0.3) is 0 Å². The van der Waals surface area contributed by atoms with E-state index in [0.717, 1.165) is 6.42 Å². The summed E-state index contributed by atoms with van der Waals surface area (Å²) >= 11 is 1.95. The molecule has 0 heterocycles. The van der Waals surface area contributed by atoms with Crippen molar-refractivity contribution in [1.29, 1.82) is 0 Å². The molecule has 0 unspecified atom stereocenters. The van der Waals surface area contributed by atoms with Gasteiger partial charge in [0.25, 0.3) is 0 Å². The zero-order valence-electron chi connectivity index (χ0n) is 8.36. The van der Waals surface area contributed by atoms with Gasteiger partial charge in [0.2, 0.25) is 0 Å². The summed E-state index contributed by atoms with van der Waals surface area (Å²) in [5.74, 6) is 7.35. The lowest BCUT2D eigenvalue weighted by atomic mass is 10.1. The Balaban J connectivity index is 2.84. The quantitative estimate of drug-likeness (QED) is 0.429. The Morgan fingerprint density at radius 3 is 2.33 bits per heavy atom. The molecule has 70 valence electrons. The predicted molar refractivity (Wildman–Crippen MR) is 59.5 cm³/mol. The SMILES string of the molecule is CC#CCCCCCCCSC. The van der Waals surface area contributed by atoms with Crippen LogP contribution in [0.5, 0.6) is 0 Å². The number of rotatable bonds is 7. The summed E-state index contributed by atoms with van der Waals surface area (Å²) in [5, 5.41) is 0. The minimum Gasteiger partial charge on any atom is -0.165 e. The maximum Gasteiger partial charge on any atom is 0.00885 e. The van der Waals surface area contributed by atoms with E-state index in [2.05, 4.69) is 18.1 Å². The van der Waals surface area contributed by atoms with Gasteiger partial charge in [-0.25, -0.2) is 0 Å². The maximum atomic E-state index is 3.10. The van der Waals surface area contributed by atoms with Crippen LogP contribution in [0.2, 0.25) is 0 Å². The average Bonchev–Trinajstić information content (AvgIpc) is 2.10.